The maximum Gasteiger partial charge on any atom is 0.242 e. The summed E-state index contributed by atoms with van der Waals surface area (Å²) >= 11 is 0. The number of nitrogens with two attached hydrogens (primary N) is 2. The largest absolute Gasteiger partial charge is 0.476 e. The third-order valence-corrected chi connectivity index (χ3v) is 1.29. The average molecular weight is 181 g/mol. The van der Waals surface area contributed by atoms with Crippen LogP contribution in [-0.4, -0.2) is 16.6 Å². The molecule has 0 aliphatic heterocycles. The molecule has 71 valence electrons. The molecule has 0 aliphatic rings. The van der Waals surface area contributed by atoms with Gasteiger partial charge in [-0.05, 0) is 5.92 Å². The van der Waals surface area contributed by atoms with E-state index in [9.17, 15) is 0 Å². The number of rotatable bonds is 3. The van der Waals surface area contributed by atoms with E-state index in [1.165, 1.54) is 0 Å². The van der Waals surface area contributed by atoms with Gasteiger partial charge in [0.2, 0.25) is 11.8 Å². The van der Waals surface area contributed by atoms with Crippen LogP contribution in [0.4, 0.5) is 11.6 Å². The molecule has 13 heavy (non-hydrogen) atoms. The lowest BCUT2D eigenvalue weighted by Crippen LogP contribution is -2.09. The maximum absolute atomic E-state index is 5.51. The Morgan fingerprint density at radius 3 is 2.77 bits per heavy atom. The molecular formula is C8H13N4O. The number of nitrogens with zero attached hydrogens (tertiary/aromatic N) is 2. The monoisotopic (exact) mass is 181 g/mol. The van der Waals surface area contributed by atoms with E-state index in [0.29, 0.717) is 18.4 Å². The van der Waals surface area contributed by atoms with Crippen LogP contribution in [0.2, 0.25) is 0 Å². The predicted molar refractivity (Wildman–Crippen MR) is 50.0 cm³/mol. The first-order chi connectivity index (χ1) is 6.09. The number of anilines is 2. The van der Waals surface area contributed by atoms with Crippen molar-refractivity contribution in [3.63, 3.8) is 0 Å². The quantitative estimate of drug-likeness (QED) is 0.708. The summed E-state index contributed by atoms with van der Waals surface area (Å²) in [5.74, 6) is 0.838. The number of aromatic nitrogens is 2. The van der Waals surface area contributed by atoms with Crippen LogP contribution in [0.5, 0.6) is 5.88 Å². The fraction of sp³-hybridized carbons (Fsp3) is 0.500. The van der Waals surface area contributed by atoms with Gasteiger partial charge in [0.05, 0.1) is 6.61 Å². The lowest BCUT2D eigenvalue weighted by atomic mass is 10.2. The first-order valence-electron chi connectivity index (χ1n) is 4.03. The van der Waals surface area contributed by atoms with Crippen molar-refractivity contribution in [3.8, 4) is 5.88 Å². The Hall–Kier alpha value is -1.52. The van der Waals surface area contributed by atoms with Crippen molar-refractivity contribution < 1.29 is 4.74 Å². The molecule has 1 rings (SSSR count). The Morgan fingerprint density at radius 2 is 2.15 bits per heavy atom. The van der Waals surface area contributed by atoms with Gasteiger partial charge in [0.1, 0.15) is 11.9 Å². The molecule has 1 aromatic heterocycles. The van der Waals surface area contributed by atoms with Crippen LogP contribution in [0.25, 0.3) is 0 Å². The molecule has 0 saturated heterocycles. The van der Waals surface area contributed by atoms with Crippen LogP contribution in [-0.2, 0) is 0 Å². The Labute approximate surface area is 77.1 Å². The second-order valence-corrected chi connectivity index (χ2v) is 3.12. The summed E-state index contributed by atoms with van der Waals surface area (Å²) < 4.78 is 5.29. The Morgan fingerprint density at radius 1 is 1.46 bits per heavy atom. The zero-order chi connectivity index (χ0) is 9.84. The van der Waals surface area contributed by atoms with Crippen molar-refractivity contribution in [3.05, 3.63) is 6.20 Å². The minimum absolute atomic E-state index is 0.118. The number of ether oxygens (including phenoxy) is 1. The van der Waals surface area contributed by atoms with Crippen LogP contribution in [0.3, 0.4) is 0 Å². The second kappa shape index (κ2) is 3.93. The van der Waals surface area contributed by atoms with Crippen molar-refractivity contribution >= 4 is 11.6 Å². The highest BCUT2D eigenvalue weighted by Gasteiger charge is 2.05. The summed E-state index contributed by atoms with van der Waals surface area (Å²) in [6.07, 6.45) is 2.51. The first-order valence-corrected chi connectivity index (χ1v) is 4.03. The van der Waals surface area contributed by atoms with Crippen LogP contribution < -0.4 is 16.2 Å². The van der Waals surface area contributed by atoms with Gasteiger partial charge in [-0.25, -0.2) is 4.98 Å². The predicted octanol–water partition coefficient (Wildman–Crippen LogP) is 0.476. The van der Waals surface area contributed by atoms with Gasteiger partial charge in [0, 0.05) is 0 Å². The standard InChI is InChI=1S/C8H13N4O/c1-5(2)4-13-7-6(9)3-11-8(10)12-7/h5H,4,9H2,1-2H3,(H2,10,11,12). The van der Waals surface area contributed by atoms with Crippen molar-refractivity contribution in [1.29, 1.82) is 0 Å². The molecule has 0 spiro atoms. The summed E-state index contributed by atoms with van der Waals surface area (Å²) in [6, 6.07) is 0. The van der Waals surface area contributed by atoms with Gasteiger partial charge in [-0.3, -0.25) is 0 Å². The maximum atomic E-state index is 5.51. The molecule has 0 amide bonds. The van der Waals surface area contributed by atoms with Gasteiger partial charge in [0.25, 0.3) is 0 Å². The van der Waals surface area contributed by atoms with Crippen molar-refractivity contribution in [2.45, 2.75) is 13.8 Å². The van der Waals surface area contributed by atoms with E-state index in [1.54, 1.807) is 0 Å². The normalized spacial score (nSPS) is 10.4. The Balaban J connectivity index is 2.70. The summed E-state index contributed by atoms with van der Waals surface area (Å²) in [5, 5.41) is 0. The summed E-state index contributed by atoms with van der Waals surface area (Å²) in [5.41, 5.74) is 11.1. The minimum atomic E-state index is 0.118. The van der Waals surface area contributed by atoms with Crippen LogP contribution in [0.1, 0.15) is 13.8 Å². The van der Waals surface area contributed by atoms with Gasteiger partial charge < -0.3 is 16.2 Å². The Bertz CT molecular complexity index is 287. The van der Waals surface area contributed by atoms with Gasteiger partial charge >= 0.3 is 0 Å². The zero-order valence-corrected chi connectivity index (χ0v) is 7.74. The third kappa shape index (κ3) is 2.77. The molecule has 0 fully saturated rings. The molecule has 1 aromatic rings. The molecule has 0 aliphatic carbocycles. The van der Waals surface area contributed by atoms with Crippen LogP contribution >= 0.6 is 0 Å². The molecule has 0 aromatic carbocycles. The molecule has 1 heterocycles. The molecule has 5 heteroatoms. The number of hydrogen-bond acceptors (Lipinski definition) is 5. The van der Waals surface area contributed by atoms with E-state index in [1.807, 2.05) is 13.8 Å². The lowest BCUT2D eigenvalue weighted by Gasteiger charge is -2.08. The van der Waals surface area contributed by atoms with Gasteiger partial charge in [-0.1, -0.05) is 13.8 Å². The van der Waals surface area contributed by atoms with E-state index >= 15 is 0 Å². The SMILES string of the molecule is CC(C)COc1nc(N)n[c]c1N. The summed E-state index contributed by atoms with van der Waals surface area (Å²) in [7, 11) is 0. The van der Waals surface area contributed by atoms with Crippen molar-refractivity contribution in [1.82, 2.24) is 9.97 Å². The van der Waals surface area contributed by atoms with E-state index < -0.39 is 0 Å². The van der Waals surface area contributed by atoms with E-state index in [4.69, 9.17) is 16.2 Å². The van der Waals surface area contributed by atoms with Crippen LogP contribution in [0.15, 0.2) is 0 Å². The van der Waals surface area contributed by atoms with Crippen molar-refractivity contribution in [2.24, 2.45) is 5.92 Å². The highest BCUT2D eigenvalue weighted by Crippen LogP contribution is 2.17. The molecule has 1 radical (unpaired) electrons. The van der Waals surface area contributed by atoms with E-state index in [-0.39, 0.29) is 11.6 Å². The lowest BCUT2D eigenvalue weighted by molar-refractivity contribution is 0.263. The fourth-order valence-corrected chi connectivity index (χ4v) is 0.710. The molecule has 0 saturated carbocycles. The minimum Gasteiger partial charge on any atom is -0.476 e. The zero-order valence-electron chi connectivity index (χ0n) is 7.74. The summed E-state index contributed by atoms with van der Waals surface area (Å²) in [6.45, 7) is 4.61. The first kappa shape index (κ1) is 9.57. The van der Waals surface area contributed by atoms with Gasteiger partial charge in [-0.2, -0.15) is 4.98 Å². The number of hydrogen-bond donors (Lipinski definition) is 2. The molecule has 0 unspecified atom stereocenters. The Kier molecular flexibility index (Phi) is 2.89. The third-order valence-electron chi connectivity index (χ3n) is 1.29. The summed E-state index contributed by atoms with van der Waals surface area (Å²) in [4.78, 5) is 7.44. The molecule has 5 nitrogen and oxygen atoms in total. The number of nitrogen functional groups attached to an aromatic ring is 2. The highest BCUT2D eigenvalue weighted by molar-refractivity contribution is 5.46. The van der Waals surface area contributed by atoms with Crippen LogP contribution in [0, 0.1) is 12.1 Å². The second-order valence-electron chi connectivity index (χ2n) is 3.12. The van der Waals surface area contributed by atoms with E-state index in [0.717, 1.165) is 0 Å². The molecular weight excluding hydrogens is 168 g/mol. The molecule has 0 bridgehead atoms. The van der Waals surface area contributed by atoms with Gasteiger partial charge in [-0.15, -0.1) is 0 Å². The average Bonchev–Trinajstić information content (AvgIpc) is 2.06. The topological polar surface area (TPSA) is 87.0 Å². The molecule has 4 N–H and O–H groups in total. The molecule has 0 atom stereocenters. The van der Waals surface area contributed by atoms with Crippen molar-refractivity contribution in [2.75, 3.05) is 18.1 Å². The van der Waals surface area contributed by atoms with Gasteiger partial charge in [0.15, 0.2) is 0 Å². The fourth-order valence-electron chi connectivity index (χ4n) is 0.710. The van der Waals surface area contributed by atoms with E-state index in [2.05, 4.69) is 16.2 Å². The smallest absolute Gasteiger partial charge is 0.242 e. The highest BCUT2D eigenvalue weighted by atomic mass is 16.5.